The van der Waals surface area contributed by atoms with Crippen molar-refractivity contribution >= 4 is 17.3 Å². The van der Waals surface area contributed by atoms with Gasteiger partial charge in [-0.3, -0.25) is 9.89 Å². The van der Waals surface area contributed by atoms with Gasteiger partial charge in [-0.05, 0) is 31.5 Å². The van der Waals surface area contributed by atoms with Crippen molar-refractivity contribution in [3.63, 3.8) is 0 Å². The van der Waals surface area contributed by atoms with Gasteiger partial charge in [0, 0.05) is 19.0 Å². The molecule has 1 fully saturated rings. The summed E-state index contributed by atoms with van der Waals surface area (Å²) in [4.78, 5) is 10.3. The molecule has 0 radical (unpaired) electrons. The summed E-state index contributed by atoms with van der Waals surface area (Å²) in [6.07, 6.45) is -2.02. The molecule has 1 atom stereocenters. The van der Waals surface area contributed by atoms with Crippen LogP contribution in [0.2, 0.25) is 0 Å². The minimum absolute atomic E-state index is 0.195. The minimum Gasteiger partial charge on any atom is -0.354 e. The Hall–Kier alpha value is -2.13. The van der Waals surface area contributed by atoms with E-state index in [4.69, 9.17) is 0 Å². The van der Waals surface area contributed by atoms with Gasteiger partial charge in [0.2, 0.25) is 0 Å². The third kappa shape index (κ3) is 5.45. The molecule has 2 N–H and O–H groups in total. The zero-order chi connectivity index (χ0) is 20.0. The molecule has 2 aromatic rings. The summed E-state index contributed by atoms with van der Waals surface area (Å²) in [7, 11) is 1.64. The monoisotopic (exact) mass is 411 g/mol. The van der Waals surface area contributed by atoms with Crippen LogP contribution in [0.3, 0.4) is 0 Å². The molecule has 3 rings (SSSR count). The maximum absolute atomic E-state index is 12.7. The third-order valence-electron chi connectivity index (χ3n) is 4.70. The summed E-state index contributed by atoms with van der Waals surface area (Å²) in [5, 5.41) is 7.76. The summed E-state index contributed by atoms with van der Waals surface area (Å²) < 4.78 is 38.0. The van der Waals surface area contributed by atoms with Crippen molar-refractivity contribution in [2.75, 3.05) is 26.7 Å². The number of thiazole rings is 1. The van der Waals surface area contributed by atoms with Crippen LogP contribution in [0, 0.1) is 0 Å². The molecule has 1 aromatic carbocycles. The molecule has 1 saturated heterocycles. The van der Waals surface area contributed by atoms with Crippen LogP contribution in [0.1, 0.15) is 35.1 Å². The first-order valence-electron chi connectivity index (χ1n) is 9.22. The number of benzene rings is 1. The molecule has 1 aliphatic rings. The quantitative estimate of drug-likeness (QED) is 0.563. The molecule has 28 heavy (non-hydrogen) atoms. The van der Waals surface area contributed by atoms with Gasteiger partial charge in [0.25, 0.3) is 0 Å². The molecular formula is C19H24F3N5S. The zero-order valence-electron chi connectivity index (χ0n) is 15.7. The number of hydrogen-bond acceptors (Lipinski definition) is 4. The molecule has 1 aliphatic heterocycles. The van der Waals surface area contributed by atoms with E-state index in [9.17, 15) is 13.2 Å². The fraction of sp³-hybridized carbons (Fsp3) is 0.474. The van der Waals surface area contributed by atoms with E-state index in [0.717, 1.165) is 29.8 Å². The fourth-order valence-electron chi connectivity index (χ4n) is 3.28. The van der Waals surface area contributed by atoms with E-state index in [-0.39, 0.29) is 12.6 Å². The molecule has 1 aromatic heterocycles. The Morgan fingerprint density at radius 3 is 2.54 bits per heavy atom. The van der Waals surface area contributed by atoms with E-state index in [2.05, 4.69) is 37.6 Å². The number of aliphatic imine (C=N–C) groups is 1. The molecular weight excluding hydrogens is 387 g/mol. The van der Waals surface area contributed by atoms with E-state index >= 15 is 0 Å². The Morgan fingerprint density at radius 1 is 1.21 bits per heavy atom. The summed E-state index contributed by atoms with van der Waals surface area (Å²) in [5.74, 6) is 0.545. The van der Waals surface area contributed by atoms with E-state index in [1.807, 2.05) is 18.2 Å². The van der Waals surface area contributed by atoms with Crippen LogP contribution in [-0.2, 0) is 12.7 Å². The highest BCUT2D eigenvalue weighted by Gasteiger charge is 2.33. The van der Waals surface area contributed by atoms with E-state index in [1.165, 1.54) is 18.4 Å². The normalized spacial score (nSPS) is 16.9. The molecule has 5 nitrogen and oxygen atoms in total. The van der Waals surface area contributed by atoms with E-state index in [0.29, 0.717) is 17.5 Å². The van der Waals surface area contributed by atoms with Crippen molar-refractivity contribution < 1.29 is 13.2 Å². The molecule has 9 heteroatoms. The average molecular weight is 411 g/mol. The van der Waals surface area contributed by atoms with Gasteiger partial charge in [-0.2, -0.15) is 13.2 Å². The van der Waals surface area contributed by atoms with Crippen LogP contribution in [-0.4, -0.2) is 42.5 Å². The minimum atomic E-state index is -4.41. The number of guanidine groups is 1. The van der Waals surface area contributed by atoms with Crippen LogP contribution in [0.4, 0.5) is 13.2 Å². The lowest BCUT2D eigenvalue weighted by atomic mass is 10.1. The molecule has 2 heterocycles. The Bertz CT molecular complexity index is 769. The summed E-state index contributed by atoms with van der Waals surface area (Å²) >= 11 is 0.986. The summed E-state index contributed by atoms with van der Waals surface area (Å²) in [6, 6.07) is 10.5. The number of alkyl halides is 3. The molecule has 0 saturated carbocycles. The second kappa shape index (κ2) is 9.38. The Labute approximate surface area is 166 Å². The molecule has 0 amide bonds. The molecule has 0 spiro atoms. The molecule has 1 unspecified atom stereocenters. The Kier molecular flexibility index (Phi) is 6.90. The van der Waals surface area contributed by atoms with Crippen molar-refractivity contribution in [2.45, 2.75) is 31.6 Å². The fourth-order valence-corrected chi connectivity index (χ4v) is 4.02. The second-order valence-corrected chi connectivity index (χ2v) is 7.54. The lowest BCUT2D eigenvalue weighted by molar-refractivity contribution is -0.140. The largest absolute Gasteiger partial charge is 0.434 e. The van der Waals surface area contributed by atoms with Crippen molar-refractivity contribution in [3.8, 4) is 0 Å². The summed E-state index contributed by atoms with van der Waals surface area (Å²) in [5.41, 5.74) is 0.387. The highest BCUT2D eigenvalue weighted by atomic mass is 32.1. The van der Waals surface area contributed by atoms with Crippen LogP contribution >= 0.6 is 11.3 Å². The van der Waals surface area contributed by atoms with Crippen molar-refractivity contribution in [1.82, 2.24) is 20.5 Å². The first kappa shape index (κ1) is 20.6. The lowest BCUT2D eigenvalue weighted by Crippen LogP contribution is -2.42. The molecule has 0 aliphatic carbocycles. The molecule has 0 bridgehead atoms. The van der Waals surface area contributed by atoms with Crippen LogP contribution < -0.4 is 10.6 Å². The first-order chi connectivity index (χ1) is 13.5. The van der Waals surface area contributed by atoms with Gasteiger partial charge < -0.3 is 10.6 Å². The van der Waals surface area contributed by atoms with Crippen LogP contribution in [0.25, 0.3) is 0 Å². The van der Waals surface area contributed by atoms with Gasteiger partial charge >= 0.3 is 6.18 Å². The third-order valence-corrected chi connectivity index (χ3v) is 5.55. The van der Waals surface area contributed by atoms with Crippen molar-refractivity contribution in [3.05, 3.63) is 52.0 Å². The van der Waals surface area contributed by atoms with Crippen LogP contribution in [0.5, 0.6) is 0 Å². The van der Waals surface area contributed by atoms with Gasteiger partial charge in [-0.15, -0.1) is 11.3 Å². The van der Waals surface area contributed by atoms with Gasteiger partial charge in [0.15, 0.2) is 11.7 Å². The van der Waals surface area contributed by atoms with E-state index < -0.39 is 11.9 Å². The van der Waals surface area contributed by atoms with Crippen LogP contribution in [0.15, 0.2) is 40.7 Å². The van der Waals surface area contributed by atoms with Crippen molar-refractivity contribution in [1.29, 1.82) is 0 Å². The maximum Gasteiger partial charge on any atom is 0.434 e. The zero-order valence-corrected chi connectivity index (χ0v) is 16.5. The standard InChI is InChI=1S/C19H24F3N5S/c1-23-18(25-12-17-26-16(13-28-17)19(20,21)22)24-11-15(27-9-5-6-10-27)14-7-3-2-4-8-14/h2-4,7-8,13,15H,5-6,9-12H2,1H3,(H2,23,24,25). The predicted octanol–water partition coefficient (Wildman–Crippen LogP) is 3.66. The van der Waals surface area contributed by atoms with Gasteiger partial charge in [0.05, 0.1) is 12.6 Å². The van der Waals surface area contributed by atoms with E-state index in [1.54, 1.807) is 7.05 Å². The Morgan fingerprint density at radius 2 is 1.93 bits per heavy atom. The lowest BCUT2D eigenvalue weighted by Gasteiger charge is -2.28. The highest BCUT2D eigenvalue weighted by molar-refractivity contribution is 7.09. The maximum atomic E-state index is 12.7. The topological polar surface area (TPSA) is 52.6 Å². The number of likely N-dealkylation sites (tertiary alicyclic amines) is 1. The number of nitrogens with zero attached hydrogens (tertiary/aromatic N) is 3. The predicted molar refractivity (Wildman–Crippen MR) is 105 cm³/mol. The second-order valence-electron chi connectivity index (χ2n) is 6.60. The number of aromatic nitrogens is 1. The van der Waals surface area contributed by atoms with Gasteiger partial charge in [-0.25, -0.2) is 4.98 Å². The first-order valence-corrected chi connectivity index (χ1v) is 10.1. The number of nitrogens with one attached hydrogen (secondary N) is 2. The van der Waals surface area contributed by atoms with Crippen molar-refractivity contribution in [2.24, 2.45) is 4.99 Å². The number of hydrogen-bond donors (Lipinski definition) is 2. The van der Waals surface area contributed by atoms with Gasteiger partial charge in [0.1, 0.15) is 5.01 Å². The van der Waals surface area contributed by atoms with Gasteiger partial charge in [-0.1, -0.05) is 30.3 Å². The smallest absolute Gasteiger partial charge is 0.354 e. The number of halogens is 3. The summed E-state index contributed by atoms with van der Waals surface area (Å²) in [6.45, 7) is 2.98. The SMILES string of the molecule is CN=C(NCc1nc(C(F)(F)F)cs1)NCC(c1ccccc1)N1CCCC1. The molecule has 152 valence electrons. The highest BCUT2D eigenvalue weighted by Crippen LogP contribution is 2.30. The number of rotatable bonds is 6. The average Bonchev–Trinajstić information content (AvgIpc) is 3.37. The Balaban J connectivity index is 1.58.